The summed E-state index contributed by atoms with van der Waals surface area (Å²) in [6, 6.07) is 8.95. The number of nitrogens with one attached hydrogen (secondary N) is 1. The fourth-order valence-electron chi connectivity index (χ4n) is 1.89. The molecule has 0 aliphatic carbocycles. The molecule has 0 atom stereocenters. The zero-order chi connectivity index (χ0) is 13.6. The third kappa shape index (κ3) is 2.31. The van der Waals surface area contributed by atoms with Gasteiger partial charge in [0.1, 0.15) is 11.3 Å². The van der Waals surface area contributed by atoms with Gasteiger partial charge in [0.2, 0.25) is 0 Å². The summed E-state index contributed by atoms with van der Waals surface area (Å²) in [7, 11) is 0. The van der Waals surface area contributed by atoms with Crippen molar-refractivity contribution in [3.05, 3.63) is 44.8 Å². The predicted molar refractivity (Wildman–Crippen MR) is 83.7 cm³/mol. The van der Waals surface area contributed by atoms with Crippen LogP contribution in [0.15, 0.2) is 34.8 Å². The van der Waals surface area contributed by atoms with E-state index >= 15 is 0 Å². The number of nitrogen functional groups attached to an aromatic ring is 1. The Balaban J connectivity index is 2.23. The number of nitrogens with two attached hydrogens (primary N) is 1. The molecule has 19 heavy (non-hydrogen) atoms. The van der Waals surface area contributed by atoms with Crippen molar-refractivity contribution >= 4 is 55.9 Å². The number of aromatic amines is 1. The second-order valence-corrected chi connectivity index (χ2v) is 5.81. The molecule has 3 nitrogen and oxygen atoms in total. The van der Waals surface area contributed by atoms with E-state index < -0.39 is 0 Å². The summed E-state index contributed by atoms with van der Waals surface area (Å²) in [5, 5.41) is 1.19. The lowest BCUT2D eigenvalue weighted by Crippen LogP contribution is -1.87. The third-order valence-electron chi connectivity index (χ3n) is 2.75. The van der Waals surface area contributed by atoms with Crippen LogP contribution in [0.25, 0.3) is 22.4 Å². The highest BCUT2D eigenvalue weighted by atomic mass is 79.9. The van der Waals surface area contributed by atoms with Crippen molar-refractivity contribution in [1.29, 1.82) is 0 Å². The Morgan fingerprint density at radius 3 is 2.68 bits per heavy atom. The summed E-state index contributed by atoms with van der Waals surface area (Å²) >= 11 is 15.6. The van der Waals surface area contributed by atoms with Crippen LogP contribution in [0.4, 0.5) is 5.69 Å². The maximum Gasteiger partial charge on any atom is 0.140 e. The lowest BCUT2D eigenvalue weighted by molar-refractivity contribution is 1.33. The molecule has 0 saturated heterocycles. The highest BCUT2D eigenvalue weighted by Gasteiger charge is 2.11. The van der Waals surface area contributed by atoms with E-state index in [2.05, 4.69) is 25.9 Å². The van der Waals surface area contributed by atoms with Crippen LogP contribution in [0.5, 0.6) is 0 Å². The molecular weight excluding hydrogens is 349 g/mol. The van der Waals surface area contributed by atoms with Gasteiger partial charge < -0.3 is 10.7 Å². The number of hydrogen-bond acceptors (Lipinski definition) is 2. The molecule has 0 aliphatic heterocycles. The first kappa shape index (κ1) is 12.8. The number of aromatic nitrogens is 2. The van der Waals surface area contributed by atoms with E-state index in [1.807, 2.05) is 12.1 Å². The monoisotopic (exact) mass is 355 g/mol. The number of benzene rings is 2. The van der Waals surface area contributed by atoms with Crippen molar-refractivity contribution in [1.82, 2.24) is 9.97 Å². The minimum Gasteiger partial charge on any atom is -0.399 e. The molecule has 0 aliphatic rings. The molecule has 0 bridgehead atoms. The molecule has 3 rings (SSSR count). The summed E-state index contributed by atoms with van der Waals surface area (Å²) in [4.78, 5) is 7.73. The van der Waals surface area contributed by atoms with Crippen LogP contribution >= 0.6 is 39.1 Å². The van der Waals surface area contributed by atoms with E-state index in [-0.39, 0.29) is 0 Å². The van der Waals surface area contributed by atoms with E-state index in [0.717, 1.165) is 21.1 Å². The number of H-pyrrole nitrogens is 1. The Hall–Kier alpha value is -1.23. The fraction of sp³-hybridized carbons (Fsp3) is 0. The summed E-state index contributed by atoms with van der Waals surface area (Å²) in [5.41, 5.74) is 8.77. The van der Waals surface area contributed by atoms with Crippen molar-refractivity contribution < 1.29 is 0 Å². The molecule has 3 N–H and O–H groups in total. The summed E-state index contributed by atoms with van der Waals surface area (Å²) in [5.74, 6) is 0.683. The number of imidazole rings is 1. The first-order valence-corrected chi connectivity index (χ1v) is 6.99. The SMILES string of the molecule is Nc1ccc(-c2nc3c(Br)cc(Cl)cc3[nH]2)c(Cl)c1. The minimum atomic E-state index is 0.557. The average Bonchev–Trinajstić information content (AvgIpc) is 2.72. The maximum absolute atomic E-state index is 6.18. The Morgan fingerprint density at radius 1 is 1.16 bits per heavy atom. The number of halogens is 3. The quantitative estimate of drug-likeness (QED) is 0.610. The smallest absolute Gasteiger partial charge is 0.140 e. The maximum atomic E-state index is 6.18. The Bertz CT molecular complexity index is 783. The molecule has 3 aromatic rings. The number of anilines is 1. The van der Waals surface area contributed by atoms with Gasteiger partial charge in [-0.1, -0.05) is 23.2 Å². The summed E-state index contributed by atoms with van der Waals surface area (Å²) in [6.45, 7) is 0. The van der Waals surface area contributed by atoms with Gasteiger partial charge in [0.25, 0.3) is 0 Å². The van der Waals surface area contributed by atoms with E-state index in [1.54, 1.807) is 18.2 Å². The molecule has 1 heterocycles. The van der Waals surface area contributed by atoms with Crippen LogP contribution < -0.4 is 5.73 Å². The lowest BCUT2D eigenvalue weighted by atomic mass is 10.2. The fourth-order valence-corrected chi connectivity index (χ4v) is 3.07. The van der Waals surface area contributed by atoms with E-state index in [4.69, 9.17) is 28.9 Å². The Labute approximate surface area is 127 Å². The standard InChI is InChI=1S/C13H8BrCl2N3/c14-9-3-6(15)4-11-12(9)19-13(18-11)8-2-1-7(17)5-10(8)16/h1-5H,17H2,(H,18,19). The van der Waals surface area contributed by atoms with Gasteiger partial charge in [-0.25, -0.2) is 4.98 Å². The molecule has 0 unspecified atom stereocenters. The first-order chi connectivity index (χ1) is 9.04. The first-order valence-electron chi connectivity index (χ1n) is 5.45. The second-order valence-electron chi connectivity index (χ2n) is 4.11. The number of nitrogens with zero attached hydrogens (tertiary/aromatic N) is 1. The van der Waals surface area contributed by atoms with E-state index in [0.29, 0.717) is 21.6 Å². The average molecular weight is 357 g/mol. The topological polar surface area (TPSA) is 54.7 Å². The molecule has 0 fully saturated rings. The molecule has 2 aromatic carbocycles. The van der Waals surface area contributed by atoms with Crippen molar-refractivity contribution in [3.8, 4) is 11.4 Å². The van der Waals surface area contributed by atoms with Gasteiger partial charge in [-0.05, 0) is 46.3 Å². The molecule has 0 amide bonds. The van der Waals surface area contributed by atoms with Crippen molar-refractivity contribution in [2.45, 2.75) is 0 Å². The predicted octanol–water partition coefficient (Wildman–Crippen LogP) is 4.88. The highest BCUT2D eigenvalue weighted by molar-refractivity contribution is 9.10. The van der Waals surface area contributed by atoms with Crippen molar-refractivity contribution in [2.24, 2.45) is 0 Å². The third-order valence-corrected chi connectivity index (χ3v) is 3.89. The van der Waals surface area contributed by atoms with E-state index in [9.17, 15) is 0 Å². The molecule has 0 spiro atoms. The Morgan fingerprint density at radius 2 is 1.95 bits per heavy atom. The van der Waals surface area contributed by atoms with Gasteiger partial charge in [0, 0.05) is 20.7 Å². The van der Waals surface area contributed by atoms with Gasteiger partial charge in [0.05, 0.1) is 10.5 Å². The van der Waals surface area contributed by atoms with Crippen LogP contribution in [0, 0.1) is 0 Å². The normalized spacial score (nSPS) is 11.1. The van der Waals surface area contributed by atoms with Crippen LogP contribution in [-0.2, 0) is 0 Å². The van der Waals surface area contributed by atoms with E-state index in [1.165, 1.54) is 0 Å². The summed E-state index contributed by atoms with van der Waals surface area (Å²) < 4.78 is 0.837. The minimum absolute atomic E-state index is 0.557. The zero-order valence-corrected chi connectivity index (χ0v) is 12.6. The molecule has 6 heteroatoms. The molecular formula is C13H8BrCl2N3. The van der Waals surface area contributed by atoms with Crippen molar-refractivity contribution in [3.63, 3.8) is 0 Å². The largest absolute Gasteiger partial charge is 0.399 e. The van der Waals surface area contributed by atoms with Crippen LogP contribution in [-0.4, -0.2) is 9.97 Å². The number of hydrogen-bond donors (Lipinski definition) is 2. The molecule has 96 valence electrons. The van der Waals surface area contributed by atoms with Gasteiger partial charge >= 0.3 is 0 Å². The lowest BCUT2D eigenvalue weighted by Gasteiger charge is -2.01. The molecule has 0 saturated carbocycles. The van der Waals surface area contributed by atoms with Gasteiger partial charge in [-0.3, -0.25) is 0 Å². The van der Waals surface area contributed by atoms with Crippen molar-refractivity contribution in [2.75, 3.05) is 5.73 Å². The molecule has 0 radical (unpaired) electrons. The zero-order valence-electron chi connectivity index (χ0n) is 9.55. The highest BCUT2D eigenvalue weighted by Crippen LogP contribution is 2.32. The van der Waals surface area contributed by atoms with Crippen LogP contribution in [0.1, 0.15) is 0 Å². The van der Waals surface area contributed by atoms with Gasteiger partial charge in [-0.2, -0.15) is 0 Å². The Kier molecular flexibility index (Phi) is 3.17. The van der Waals surface area contributed by atoms with Crippen LogP contribution in [0.3, 0.4) is 0 Å². The van der Waals surface area contributed by atoms with Gasteiger partial charge in [-0.15, -0.1) is 0 Å². The van der Waals surface area contributed by atoms with Gasteiger partial charge in [0.15, 0.2) is 0 Å². The number of rotatable bonds is 1. The van der Waals surface area contributed by atoms with Crippen LogP contribution in [0.2, 0.25) is 10.0 Å². The molecule has 1 aromatic heterocycles. The number of fused-ring (bicyclic) bond motifs is 1. The summed E-state index contributed by atoms with van der Waals surface area (Å²) in [6.07, 6.45) is 0. The second kappa shape index (κ2) is 4.71.